The number of carbonyl (C=O) groups excluding carboxylic acids is 2. The van der Waals surface area contributed by atoms with Crippen molar-refractivity contribution in [3.8, 4) is 0 Å². The fourth-order valence-electron chi connectivity index (χ4n) is 6.49. The van der Waals surface area contributed by atoms with E-state index in [1.54, 1.807) is 0 Å². The minimum absolute atomic E-state index is 0.0651. The van der Waals surface area contributed by atoms with E-state index in [2.05, 4.69) is 135 Å². The van der Waals surface area contributed by atoms with Gasteiger partial charge in [0.2, 0.25) is 5.91 Å². The minimum atomic E-state index is -4.45. The molecule has 0 aliphatic heterocycles. The standard InChI is InChI=1S/C57H94NO8P/c1-3-5-7-9-11-13-15-17-19-21-23-25-27-29-31-33-35-37-39-41-43-45-47-49-56(60)58-51-52-65-67(62,63)66-54-55(59)53-64-57(61)50-48-46-44-42-40-38-36-34-32-30-28-26-24-22-20-18-16-14-12-10-8-6-4-2/h6,8,11-14,17-20,23-26,30,32,36,38,42,44,55,59H,3-5,7,9-10,15-16,21-22,27-29,31,33-35,37,39-41,43,45-54H2,1-2H3,(H,58,60)(H,62,63)/b8-6-,13-11-,14-12-,19-17-,20-18-,25-23-,26-24-,32-30-,38-36-,44-42-. The lowest BCUT2D eigenvalue weighted by Crippen LogP contribution is -2.27. The molecule has 0 saturated heterocycles. The molecule has 1 amide bonds. The lowest BCUT2D eigenvalue weighted by Gasteiger charge is -2.15. The molecule has 10 heteroatoms. The number of ether oxygens (including phenoxy) is 1. The fourth-order valence-corrected chi connectivity index (χ4v) is 7.25. The van der Waals surface area contributed by atoms with Crippen LogP contribution in [0.5, 0.6) is 0 Å². The van der Waals surface area contributed by atoms with Crippen LogP contribution < -0.4 is 5.32 Å². The number of phosphoric acid groups is 1. The summed E-state index contributed by atoms with van der Waals surface area (Å²) in [5.74, 6) is -0.589. The van der Waals surface area contributed by atoms with Crippen LogP contribution in [0.1, 0.15) is 194 Å². The Morgan fingerprint density at radius 1 is 0.478 bits per heavy atom. The fraction of sp³-hybridized carbons (Fsp3) is 0.614. The zero-order chi connectivity index (χ0) is 48.8. The topological polar surface area (TPSA) is 131 Å². The molecule has 67 heavy (non-hydrogen) atoms. The van der Waals surface area contributed by atoms with Gasteiger partial charge in [0.05, 0.1) is 13.2 Å². The average Bonchev–Trinajstić information content (AvgIpc) is 3.32. The Kier molecular flexibility index (Phi) is 49.0. The highest BCUT2D eigenvalue weighted by Gasteiger charge is 2.23. The molecule has 0 spiro atoms. The third-order valence-electron chi connectivity index (χ3n) is 10.4. The van der Waals surface area contributed by atoms with Crippen molar-refractivity contribution in [3.63, 3.8) is 0 Å². The Morgan fingerprint density at radius 2 is 0.866 bits per heavy atom. The maximum absolute atomic E-state index is 12.2. The van der Waals surface area contributed by atoms with Crippen molar-refractivity contribution >= 4 is 19.7 Å². The monoisotopic (exact) mass is 952 g/mol. The summed E-state index contributed by atoms with van der Waals surface area (Å²) >= 11 is 0. The Bertz CT molecular complexity index is 1500. The third-order valence-corrected chi connectivity index (χ3v) is 11.4. The van der Waals surface area contributed by atoms with E-state index < -0.39 is 26.5 Å². The molecular formula is C57H94NO8P. The number of nitrogens with one attached hydrogen (secondary N) is 1. The molecule has 0 radical (unpaired) electrons. The van der Waals surface area contributed by atoms with Crippen LogP contribution in [0.4, 0.5) is 0 Å². The number of amides is 1. The van der Waals surface area contributed by atoms with Crippen molar-refractivity contribution in [1.29, 1.82) is 0 Å². The number of aliphatic hydroxyl groups is 1. The summed E-state index contributed by atoms with van der Waals surface area (Å²) in [4.78, 5) is 34.1. The molecular weight excluding hydrogens is 858 g/mol. The quantitative estimate of drug-likeness (QED) is 0.0238. The van der Waals surface area contributed by atoms with E-state index in [0.717, 1.165) is 83.5 Å². The highest BCUT2D eigenvalue weighted by Crippen LogP contribution is 2.42. The number of esters is 1. The van der Waals surface area contributed by atoms with Crippen LogP contribution in [-0.4, -0.2) is 54.3 Å². The molecule has 9 nitrogen and oxygen atoms in total. The van der Waals surface area contributed by atoms with Gasteiger partial charge in [0, 0.05) is 19.4 Å². The van der Waals surface area contributed by atoms with Crippen molar-refractivity contribution in [1.82, 2.24) is 5.32 Å². The molecule has 0 bridgehead atoms. The Balaban J connectivity index is 3.69. The lowest BCUT2D eigenvalue weighted by molar-refractivity contribution is -0.147. The van der Waals surface area contributed by atoms with Crippen LogP contribution in [0, 0.1) is 0 Å². The first-order chi connectivity index (χ1) is 32.8. The summed E-state index contributed by atoms with van der Waals surface area (Å²) in [6.45, 7) is 3.33. The van der Waals surface area contributed by atoms with Crippen LogP contribution in [0.25, 0.3) is 0 Å². The number of allylic oxidation sites excluding steroid dienone is 20. The number of carbonyl (C=O) groups is 2. The van der Waals surface area contributed by atoms with Gasteiger partial charge in [0.1, 0.15) is 12.7 Å². The second-order valence-electron chi connectivity index (χ2n) is 16.8. The van der Waals surface area contributed by atoms with Crippen LogP contribution >= 0.6 is 7.82 Å². The maximum Gasteiger partial charge on any atom is 0.472 e. The Morgan fingerprint density at radius 3 is 1.31 bits per heavy atom. The van der Waals surface area contributed by atoms with E-state index in [1.165, 1.54) is 77.0 Å². The second-order valence-corrected chi connectivity index (χ2v) is 18.2. The molecule has 0 aromatic heterocycles. The first-order valence-electron chi connectivity index (χ1n) is 26.0. The Hall–Kier alpha value is -3.59. The number of rotatable bonds is 47. The van der Waals surface area contributed by atoms with Crippen LogP contribution in [-0.2, 0) is 27.9 Å². The van der Waals surface area contributed by atoms with E-state index in [9.17, 15) is 24.2 Å². The molecule has 0 aromatic rings. The number of hydrogen-bond acceptors (Lipinski definition) is 7. The zero-order valence-electron chi connectivity index (χ0n) is 42.0. The van der Waals surface area contributed by atoms with E-state index in [1.807, 2.05) is 6.08 Å². The molecule has 0 saturated carbocycles. The van der Waals surface area contributed by atoms with E-state index in [0.29, 0.717) is 12.8 Å². The second kappa shape index (κ2) is 51.8. The van der Waals surface area contributed by atoms with Gasteiger partial charge in [0.25, 0.3) is 0 Å². The van der Waals surface area contributed by atoms with Crippen molar-refractivity contribution in [2.24, 2.45) is 0 Å². The molecule has 2 atom stereocenters. The number of hydrogen-bond donors (Lipinski definition) is 3. The van der Waals surface area contributed by atoms with Gasteiger partial charge in [-0.05, 0) is 103 Å². The van der Waals surface area contributed by atoms with Crippen molar-refractivity contribution in [3.05, 3.63) is 122 Å². The highest BCUT2D eigenvalue weighted by molar-refractivity contribution is 7.47. The largest absolute Gasteiger partial charge is 0.472 e. The van der Waals surface area contributed by atoms with Gasteiger partial charge in [-0.1, -0.05) is 200 Å². The summed E-state index contributed by atoms with van der Waals surface area (Å²) < 4.78 is 26.9. The molecule has 0 heterocycles. The van der Waals surface area contributed by atoms with Crippen LogP contribution in [0.2, 0.25) is 0 Å². The first kappa shape index (κ1) is 63.4. The molecule has 0 aromatic carbocycles. The maximum atomic E-state index is 12.2. The van der Waals surface area contributed by atoms with Crippen molar-refractivity contribution in [2.45, 2.75) is 200 Å². The van der Waals surface area contributed by atoms with E-state index in [4.69, 9.17) is 13.8 Å². The van der Waals surface area contributed by atoms with Crippen molar-refractivity contribution < 1.29 is 37.9 Å². The molecule has 0 rings (SSSR count). The Labute approximate surface area is 409 Å². The molecule has 0 aliphatic carbocycles. The van der Waals surface area contributed by atoms with Gasteiger partial charge >= 0.3 is 13.8 Å². The molecule has 3 N–H and O–H groups in total. The van der Waals surface area contributed by atoms with E-state index in [-0.39, 0.29) is 32.1 Å². The summed E-state index contributed by atoms with van der Waals surface area (Å²) in [7, 11) is -4.45. The van der Waals surface area contributed by atoms with Gasteiger partial charge < -0.3 is 20.1 Å². The predicted octanol–water partition coefficient (Wildman–Crippen LogP) is 15.7. The summed E-state index contributed by atoms with van der Waals surface area (Å²) in [6, 6.07) is 0. The van der Waals surface area contributed by atoms with Gasteiger partial charge in [-0.3, -0.25) is 18.6 Å². The van der Waals surface area contributed by atoms with Crippen molar-refractivity contribution in [2.75, 3.05) is 26.4 Å². The average molecular weight is 952 g/mol. The predicted molar refractivity (Wildman–Crippen MR) is 284 cm³/mol. The summed E-state index contributed by atoms with van der Waals surface area (Å²) in [5.41, 5.74) is 0. The molecule has 380 valence electrons. The van der Waals surface area contributed by atoms with E-state index >= 15 is 0 Å². The van der Waals surface area contributed by atoms with Gasteiger partial charge in [-0.15, -0.1) is 0 Å². The molecule has 2 unspecified atom stereocenters. The SMILES string of the molecule is CC/C=C\C/C=C\C/C=C\C/C=C\C/C=C\C/C=C\C/C=C\CCCC(=O)OCC(O)COP(=O)(O)OCCNC(=O)CCCCCCCCCCCC/C=C\C/C=C\C/C=C\CCCCC. The van der Waals surface area contributed by atoms with Gasteiger partial charge in [0.15, 0.2) is 0 Å². The zero-order valence-corrected chi connectivity index (χ0v) is 42.9. The lowest BCUT2D eigenvalue weighted by atomic mass is 10.0. The first-order valence-corrected chi connectivity index (χ1v) is 27.5. The minimum Gasteiger partial charge on any atom is -0.463 e. The van der Waals surface area contributed by atoms with Gasteiger partial charge in [-0.25, -0.2) is 4.57 Å². The number of phosphoric ester groups is 1. The summed E-state index contributed by atoms with van der Waals surface area (Å²) in [6.07, 6.45) is 71.4. The van der Waals surface area contributed by atoms with Crippen LogP contribution in [0.15, 0.2) is 122 Å². The smallest absolute Gasteiger partial charge is 0.463 e. The molecule has 0 aliphatic rings. The number of aliphatic hydroxyl groups excluding tert-OH is 1. The van der Waals surface area contributed by atoms with Crippen LogP contribution in [0.3, 0.4) is 0 Å². The number of unbranched alkanes of at least 4 members (excludes halogenated alkanes) is 14. The normalized spacial score (nSPS) is 14.1. The molecule has 0 fully saturated rings. The highest BCUT2D eigenvalue weighted by atomic mass is 31.2. The third kappa shape index (κ3) is 53.2. The summed E-state index contributed by atoms with van der Waals surface area (Å²) in [5, 5.41) is 12.7. The van der Waals surface area contributed by atoms with Gasteiger partial charge in [-0.2, -0.15) is 0 Å².